The molecule has 2 rings (SSSR count). The Morgan fingerprint density at radius 3 is 1.90 bits per heavy atom. The first-order chi connectivity index (χ1) is 18.9. The molecule has 216 valence electrons. The van der Waals surface area contributed by atoms with Gasteiger partial charge in [0, 0.05) is 13.0 Å². The molecule has 0 spiro atoms. The molecule has 0 atom stereocenters. The number of aryl methyl sites for hydroxylation is 4. The fourth-order valence-corrected chi connectivity index (χ4v) is 5.66. The molecule has 0 unspecified atom stereocenters. The van der Waals surface area contributed by atoms with Crippen LogP contribution in [-0.4, -0.2) is 11.7 Å². The third kappa shape index (κ3) is 12.2. The molecule has 0 aliphatic carbocycles. The first-order valence-electron chi connectivity index (χ1n) is 16.3. The van der Waals surface area contributed by atoms with Crippen LogP contribution in [0.2, 0.25) is 0 Å². The highest BCUT2D eigenvalue weighted by Crippen LogP contribution is 2.25. The minimum absolute atomic E-state index is 1.06. The maximum absolute atomic E-state index is 5.01. The topological polar surface area (TPSA) is 15.4 Å². The summed E-state index contributed by atoms with van der Waals surface area (Å²) in [5, 5.41) is 5.01. The number of benzene rings is 2. The molecular weight excluding hydrogens is 472 g/mol. The summed E-state index contributed by atoms with van der Waals surface area (Å²) >= 11 is 0. The number of unbranched alkanes of at least 4 members (excludes halogenated alkanes) is 9. The fraction of sp³-hybridized carbons (Fsp3) is 0.622. The van der Waals surface area contributed by atoms with Gasteiger partial charge in [0.2, 0.25) is 5.70 Å². The highest BCUT2D eigenvalue weighted by Gasteiger charge is 2.12. The van der Waals surface area contributed by atoms with Crippen LogP contribution in [-0.2, 0) is 25.7 Å². The highest BCUT2D eigenvalue weighted by atomic mass is 15.2. The van der Waals surface area contributed by atoms with Crippen molar-refractivity contribution in [3.05, 3.63) is 69.4 Å². The van der Waals surface area contributed by atoms with Crippen molar-refractivity contribution in [1.82, 2.24) is 0 Å². The number of hydrogen-bond donors (Lipinski definition) is 0. The molecule has 0 saturated heterocycles. The van der Waals surface area contributed by atoms with E-state index in [-0.39, 0.29) is 0 Å². The van der Waals surface area contributed by atoms with Gasteiger partial charge in [-0.1, -0.05) is 108 Å². The van der Waals surface area contributed by atoms with Gasteiger partial charge in [0.25, 0.3) is 0 Å². The quantitative estimate of drug-likeness (QED) is 0.0973. The Balaban J connectivity index is 2.23. The maximum atomic E-state index is 5.01. The predicted molar refractivity (Wildman–Crippen MR) is 172 cm³/mol. The number of azo groups is 2. The molecule has 0 aliphatic heterocycles. The Bertz CT molecular complexity index is 1040. The molecule has 0 N–H and O–H groups in total. The zero-order valence-electron chi connectivity index (χ0n) is 26.7. The Hall–Kier alpha value is -2.22. The average molecular weight is 532 g/mol. The van der Waals surface area contributed by atoms with E-state index in [0.29, 0.717) is 0 Å². The van der Waals surface area contributed by atoms with Crippen LogP contribution in [0.25, 0.3) is 6.08 Å². The van der Waals surface area contributed by atoms with Gasteiger partial charge < -0.3 is 0 Å². The summed E-state index contributed by atoms with van der Waals surface area (Å²) < 4.78 is 2.06. The number of nitrogens with zero attached hydrogens (tertiary/aromatic N) is 2. The van der Waals surface area contributed by atoms with E-state index in [1.54, 1.807) is 16.7 Å². The van der Waals surface area contributed by atoms with E-state index in [1.165, 1.54) is 112 Å². The zero-order chi connectivity index (χ0) is 28.5. The SMILES string of the molecule is CCCCCCCCc1cc(C)cc(N=[N+](C)C(C)=Cc2cc(CCCC)c(CC)c(CCCCCC)c2)c1. The molecule has 0 radical (unpaired) electrons. The minimum atomic E-state index is 1.06. The number of rotatable bonds is 19. The van der Waals surface area contributed by atoms with Crippen molar-refractivity contribution in [3.63, 3.8) is 0 Å². The summed E-state index contributed by atoms with van der Waals surface area (Å²) in [6.45, 7) is 13.6. The Morgan fingerprint density at radius 2 is 1.26 bits per heavy atom. The largest absolute Gasteiger partial charge is 0.205 e. The van der Waals surface area contributed by atoms with Crippen LogP contribution in [0.3, 0.4) is 0 Å². The zero-order valence-corrected chi connectivity index (χ0v) is 26.7. The number of allylic oxidation sites excluding steroid dienone is 1. The molecule has 0 aliphatic rings. The van der Waals surface area contributed by atoms with Gasteiger partial charge >= 0.3 is 0 Å². The van der Waals surface area contributed by atoms with E-state index in [1.807, 2.05) is 0 Å². The molecule has 0 fully saturated rings. The van der Waals surface area contributed by atoms with Crippen LogP contribution in [0, 0.1) is 6.92 Å². The van der Waals surface area contributed by atoms with Crippen LogP contribution in [0.1, 0.15) is 145 Å². The van der Waals surface area contributed by atoms with E-state index in [4.69, 9.17) is 5.11 Å². The monoisotopic (exact) mass is 531 g/mol. The van der Waals surface area contributed by atoms with Gasteiger partial charge in [-0.05, 0) is 102 Å². The van der Waals surface area contributed by atoms with E-state index in [2.05, 4.69) is 89.7 Å². The van der Waals surface area contributed by atoms with Gasteiger partial charge in [0.15, 0.2) is 7.05 Å². The minimum Gasteiger partial charge on any atom is -0.0909 e. The van der Waals surface area contributed by atoms with Gasteiger partial charge in [-0.25, -0.2) is 0 Å². The summed E-state index contributed by atoms with van der Waals surface area (Å²) in [6.07, 6.45) is 22.8. The second kappa shape index (κ2) is 19.0. The molecule has 2 heteroatoms. The lowest BCUT2D eigenvalue weighted by Gasteiger charge is -2.16. The first kappa shape index (κ1) is 33.0. The maximum Gasteiger partial charge on any atom is 0.205 e. The van der Waals surface area contributed by atoms with Gasteiger partial charge in [0.1, 0.15) is 5.69 Å². The Kier molecular flexibility index (Phi) is 16.0. The average Bonchev–Trinajstić information content (AvgIpc) is 2.91. The van der Waals surface area contributed by atoms with Crippen LogP contribution in [0.15, 0.2) is 41.1 Å². The first-order valence-corrected chi connectivity index (χ1v) is 16.3. The standard InChI is InChI=1S/C37H59N2/c1-8-12-15-17-18-19-21-32-24-30(5)25-36(29-32)38-39(7)31(6)26-33-27-34(22-14-10-3)37(11-4)35(28-33)23-20-16-13-9-2/h24-29H,8-23H2,1-7H3/q+1. The van der Waals surface area contributed by atoms with Gasteiger partial charge in [-0.15, -0.1) is 0 Å². The normalized spacial score (nSPS) is 12.4. The molecule has 0 aromatic heterocycles. The van der Waals surface area contributed by atoms with Crippen molar-refractivity contribution in [3.8, 4) is 0 Å². The van der Waals surface area contributed by atoms with E-state index in [0.717, 1.165) is 18.5 Å². The second-order valence-corrected chi connectivity index (χ2v) is 11.7. The highest BCUT2D eigenvalue weighted by molar-refractivity contribution is 5.56. The summed E-state index contributed by atoms with van der Waals surface area (Å²) in [5.41, 5.74) is 11.0. The molecule has 0 amide bonds. The van der Waals surface area contributed by atoms with Crippen molar-refractivity contribution in [2.45, 2.75) is 144 Å². The molecular formula is C37H59N2+. The van der Waals surface area contributed by atoms with Gasteiger partial charge in [-0.2, -0.15) is 0 Å². The number of hydrogen-bond acceptors (Lipinski definition) is 1. The van der Waals surface area contributed by atoms with Crippen molar-refractivity contribution >= 4 is 11.8 Å². The summed E-state index contributed by atoms with van der Waals surface area (Å²) in [7, 11) is 2.09. The van der Waals surface area contributed by atoms with Crippen LogP contribution in [0.5, 0.6) is 0 Å². The Labute approximate surface area is 242 Å². The lowest BCUT2D eigenvalue weighted by molar-refractivity contribution is -0.510. The van der Waals surface area contributed by atoms with Crippen LogP contribution >= 0.6 is 0 Å². The predicted octanol–water partition coefficient (Wildman–Crippen LogP) is 11.7. The smallest absolute Gasteiger partial charge is 0.0909 e. The Morgan fingerprint density at radius 1 is 0.692 bits per heavy atom. The van der Waals surface area contributed by atoms with Crippen LogP contribution < -0.4 is 0 Å². The van der Waals surface area contributed by atoms with E-state index in [9.17, 15) is 0 Å². The van der Waals surface area contributed by atoms with Gasteiger partial charge in [0.05, 0.1) is 0 Å². The lowest BCUT2D eigenvalue weighted by atomic mass is 9.90. The van der Waals surface area contributed by atoms with Crippen molar-refractivity contribution < 1.29 is 4.70 Å². The van der Waals surface area contributed by atoms with Crippen molar-refractivity contribution in [2.75, 3.05) is 7.05 Å². The second-order valence-electron chi connectivity index (χ2n) is 11.7. The van der Waals surface area contributed by atoms with Crippen molar-refractivity contribution in [1.29, 1.82) is 0 Å². The lowest BCUT2D eigenvalue weighted by Crippen LogP contribution is -2.03. The molecule has 39 heavy (non-hydrogen) atoms. The molecule has 2 nitrogen and oxygen atoms in total. The molecule has 2 aromatic rings. The van der Waals surface area contributed by atoms with Crippen molar-refractivity contribution in [2.24, 2.45) is 5.11 Å². The molecule has 2 aromatic carbocycles. The summed E-state index contributed by atoms with van der Waals surface area (Å²) in [4.78, 5) is 0. The summed E-state index contributed by atoms with van der Waals surface area (Å²) in [5.74, 6) is 0. The third-order valence-electron chi connectivity index (χ3n) is 8.00. The molecule has 0 bridgehead atoms. The van der Waals surface area contributed by atoms with E-state index >= 15 is 0 Å². The van der Waals surface area contributed by atoms with Gasteiger partial charge in [-0.3, -0.25) is 0 Å². The summed E-state index contributed by atoms with van der Waals surface area (Å²) in [6, 6.07) is 11.7. The fourth-order valence-electron chi connectivity index (χ4n) is 5.66. The third-order valence-corrected chi connectivity index (χ3v) is 8.00. The van der Waals surface area contributed by atoms with E-state index < -0.39 is 0 Å². The molecule has 0 saturated carbocycles. The van der Waals surface area contributed by atoms with Crippen LogP contribution in [0.4, 0.5) is 5.69 Å². The molecule has 0 heterocycles.